The molecule has 3 rings (SSSR count). The van der Waals surface area contributed by atoms with E-state index in [0.717, 1.165) is 0 Å². The molecule has 0 amide bonds. The van der Waals surface area contributed by atoms with Gasteiger partial charge in [0, 0.05) is 10.3 Å². The van der Waals surface area contributed by atoms with Crippen molar-refractivity contribution in [2.45, 2.75) is 24.7 Å². The van der Waals surface area contributed by atoms with E-state index in [4.69, 9.17) is 0 Å². The van der Waals surface area contributed by atoms with Gasteiger partial charge in [-0.3, -0.25) is 0 Å². The van der Waals surface area contributed by atoms with Crippen LogP contribution in [0.25, 0.3) is 0 Å². The lowest BCUT2D eigenvalue weighted by Crippen LogP contribution is -2.41. The van der Waals surface area contributed by atoms with Crippen LogP contribution in [0.1, 0.15) is 19.8 Å². The standard InChI is InChI=1S/C15H18OS/c1-11-7-8-12-9-14(15(11,12)10-16)17-13-5-3-2-4-6-13/h2-6,9,11-12,16H,7-8,10H2,1H3/t11-,12-,15-/m0/s1. The highest BCUT2D eigenvalue weighted by molar-refractivity contribution is 8.03. The Labute approximate surface area is 107 Å². The van der Waals surface area contributed by atoms with Crippen molar-refractivity contribution in [1.29, 1.82) is 0 Å². The Morgan fingerprint density at radius 1 is 1.29 bits per heavy atom. The first-order valence-electron chi connectivity index (χ1n) is 6.33. The predicted octanol–water partition coefficient (Wildman–Crippen LogP) is 3.70. The number of thioether (sulfide) groups is 1. The van der Waals surface area contributed by atoms with Gasteiger partial charge in [-0.15, -0.1) is 0 Å². The summed E-state index contributed by atoms with van der Waals surface area (Å²) in [4.78, 5) is 2.67. The van der Waals surface area contributed by atoms with Crippen molar-refractivity contribution < 1.29 is 5.11 Å². The minimum Gasteiger partial charge on any atom is -0.395 e. The van der Waals surface area contributed by atoms with Crippen LogP contribution in [0.3, 0.4) is 0 Å². The van der Waals surface area contributed by atoms with E-state index < -0.39 is 0 Å². The van der Waals surface area contributed by atoms with Gasteiger partial charge >= 0.3 is 0 Å². The van der Waals surface area contributed by atoms with Crippen LogP contribution in [0.5, 0.6) is 0 Å². The number of aliphatic hydroxyl groups is 1. The van der Waals surface area contributed by atoms with E-state index in [0.29, 0.717) is 18.4 Å². The fourth-order valence-corrected chi connectivity index (χ4v) is 4.69. The maximum Gasteiger partial charge on any atom is 0.0541 e. The molecule has 3 atom stereocenters. The zero-order chi connectivity index (χ0) is 11.9. The summed E-state index contributed by atoms with van der Waals surface area (Å²) < 4.78 is 0. The molecule has 1 N–H and O–H groups in total. The molecular formula is C15H18OS. The van der Waals surface area contributed by atoms with E-state index in [1.54, 1.807) is 0 Å². The van der Waals surface area contributed by atoms with Crippen molar-refractivity contribution in [3.63, 3.8) is 0 Å². The molecule has 0 aliphatic heterocycles. The van der Waals surface area contributed by atoms with E-state index in [9.17, 15) is 5.11 Å². The number of allylic oxidation sites excluding steroid dienone is 1. The molecule has 1 nitrogen and oxygen atoms in total. The molecule has 1 aromatic carbocycles. The molecule has 90 valence electrons. The third kappa shape index (κ3) is 1.58. The maximum atomic E-state index is 9.81. The Hall–Kier alpha value is -0.730. The normalized spacial score (nSPS) is 35.1. The van der Waals surface area contributed by atoms with Crippen LogP contribution >= 0.6 is 11.8 Å². The number of rotatable bonds is 3. The van der Waals surface area contributed by atoms with Gasteiger partial charge < -0.3 is 5.11 Å². The highest BCUT2D eigenvalue weighted by Gasteiger charge is 2.55. The Morgan fingerprint density at radius 2 is 2.06 bits per heavy atom. The quantitative estimate of drug-likeness (QED) is 0.877. The lowest BCUT2D eigenvalue weighted by Gasteiger charge is -2.46. The molecule has 17 heavy (non-hydrogen) atoms. The Balaban J connectivity index is 1.84. The van der Waals surface area contributed by atoms with Crippen LogP contribution in [-0.4, -0.2) is 11.7 Å². The van der Waals surface area contributed by atoms with Crippen LogP contribution in [0, 0.1) is 17.3 Å². The van der Waals surface area contributed by atoms with E-state index in [2.05, 4.69) is 37.3 Å². The summed E-state index contributed by atoms with van der Waals surface area (Å²) in [7, 11) is 0. The van der Waals surface area contributed by atoms with Crippen molar-refractivity contribution in [3.8, 4) is 0 Å². The van der Waals surface area contributed by atoms with Gasteiger partial charge in [0.2, 0.25) is 0 Å². The van der Waals surface area contributed by atoms with Crippen LogP contribution in [-0.2, 0) is 0 Å². The first-order chi connectivity index (χ1) is 8.27. The molecule has 1 fully saturated rings. The molecular weight excluding hydrogens is 228 g/mol. The molecule has 0 bridgehead atoms. The number of aliphatic hydroxyl groups excluding tert-OH is 1. The molecule has 1 saturated carbocycles. The molecule has 0 aromatic heterocycles. The Bertz CT molecular complexity index is 439. The van der Waals surface area contributed by atoms with Crippen molar-refractivity contribution in [1.82, 2.24) is 0 Å². The lowest BCUT2D eigenvalue weighted by molar-refractivity contribution is 0.0890. The lowest BCUT2D eigenvalue weighted by atomic mass is 9.65. The summed E-state index contributed by atoms with van der Waals surface area (Å²) in [5, 5.41) is 9.81. The third-order valence-corrected chi connectivity index (χ3v) is 5.74. The summed E-state index contributed by atoms with van der Waals surface area (Å²) in [6, 6.07) is 10.5. The number of hydrogen-bond donors (Lipinski definition) is 1. The topological polar surface area (TPSA) is 20.2 Å². The zero-order valence-corrected chi connectivity index (χ0v) is 10.9. The fourth-order valence-electron chi connectivity index (χ4n) is 3.30. The first kappa shape index (κ1) is 11.4. The van der Waals surface area contributed by atoms with Gasteiger partial charge in [-0.2, -0.15) is 0 Å². The van der Waals surface area contributed by atoms with Gasteiger partial charge in [0.15, 0.2) is 0 Å². The molecule has 1 aromatic rings. The average Bonchev–Trinajstić information content (AvgIpc) is 2.59. The zero-order valence-electron chi connectivity index (χ0n) is 10.1. The van der Waals surface area contributed by atoms with Gasteiger partial charge in [-0.1, -0.05) is 43.0 Å². The average molecular weight is 246 g/mol. The van der Waals surface area contributed by atoms with Crippen molar-refractivity contribution >= 4 is 11.8 Å². The number of hydrogen-bond acceptors (Lipinski definition) is 2. The van der Waals surface area contributed by atoms with E-state index in [-0.39, 0.29) is 5.41 Å². The van der Waals surface area contributed by atoms with Crippen LogP contribution in [0.2, 0.25) is 0 Å². The molecule has 0 saturated heterocycles. The Kier molecular flexibility index (Phi) is 2.80. The van der Waals surface area contributed by atoms with E-state index in [1.165, 1.54) is 22.6 Å². The van der Waals surface area contributed by atoms with Crippen molar-refractivity contribution in [2.24, 2.45) is 17.3 Å². The monoisotopic (exact) mass is 246 g/mol. The van der Waals surface area contributed by atoms with Crippen LogP contribution in [0.4, 0.5) is 0 Å². The third-order valence-electron chi connectivity index (χ3n) is 4.50. The molecule has 2 aliphatic rings. The second kappa shape index (κ2) is 4.18. The van der Waals surface area contributed by atoms with Gasteiger partial charge in [-0.25, -0.2) is 0 Å². The fraction of sp³-hybridized carbons (Fsp3) is 0.467. The molecule has 2 heteroatoms. The highest BCUT2D eigenvalue weighted by Crippen LogP contribution is 2.63. The van der Waals surface area contributed by atoms with Gasteiger partial charge in [-0.05, 0) is 41.7 Å². The minimum atomic E-state index is 0.0838. The highest BCUT2D eigenvalue weighted by atomic mass is 32.2. The number of fused-ring (bicyclic) bond motifs is 1. The predicted molar refractivity (Wildman–Crippen MR) is 71.8 cm³/mol. The van der Waals surface area contributed by atoms with Crippen LogP contribution in [0.15, 0.2) is 46.2 Å². The maximum absolute atomic E-state index is 9.81. The molecule has 0 heterocycles. The first-order valence-corrected chi connectivity index (χ1v) is 7.15. The second-order valence-electron chi connectivity index (χ2n) is 5.23. The summed E-state index contributed by atoms with van der Waals surface area (Å²) in [6.45, 7) is 2.60. The van der Waals surface area contributed by atoms with Gasteiger partial charge in [0.25, 0.3) is 0 Å². The molecule has 0 radical (unpaired) electrons. The summed E-state index contributed by atoms with van der Waals surface area (Å²) in [5.74, 6) is 1.24. The molecule has 0 unspecified atom stereocenters. The molecule has 2 aliphatic carbocycles. The SMILES string of the molecule is C[C@H]1CC[C@H]2C=C(Sc3ccccc3)[C@]21CO. The van der Waals surface area contributed by atoms with Crippen molar-refractivity contribution in [2.75, 3.05) is 6.61 Å². The largest absolute Gasteiger partial charge is 0.395 e. The summed E-state index contributed by atoms with van der Waals surface area (Å²) in [5.41, 5.74) is 0.0838. The van der Waals surface area contributed by atoms with E-state index in [1.807, 2.05) is 17.8 Å². The second-order valence-corrected chi connectivity index (χ2v) is 6.34. The minimum absolute atomic E-state index is 0.0838. The summed E-state index contributed by atoms with van der Waals surface area (Å²) in [6.07, 6.45) is 4.87. The van der Waals surface area contributed by atoms with Crippen molar-refractivity contribution in [3.05, 3.63) is 41.3 Å². The van der Waals surface area contributed by atoms with E-state index >= 15 is 0 Å². The van der Waals surface area contributed by atoms with Gasteiger partial charge in [0.05, 0.1) is 6.61 Å². The van der Waals surface area contributed by atoms with Crippen LogP contribution < -0.4 is 0 Å². The Morgan fingerprint density at radius 3 is 2.71 bits per heavy atom. The summed E-state index contributed by atoms with van der Waals surface area (Å²) >= 11 is 1.84. The molecule has 0 spiro atoms. The number of benzene rings is 1. The smallest absolute Gasteiger partial charge is 0.0541 e. The van der Waals surface area contributed by atoms with Gasteiger partial charge in [0.1, 0.15) is 0 Å².